The van der Waals surface area contributed by atoms with Gasteiger partial charge in [0.25, 0.3) is 0 Å². The van der Waals surface area contributed by atoms with Crippen molar-refractivity contribution in [2.75, 3.05) is 0 Å². The van der Waals surface area contributed by atoms with E-state index in [2.05, 4.69) is 32.7 Å². The van der Waals surface area contributed by atoms with E-state index >= 15 is 0 Å². The highest BCUT2D eigenvalue weighted by atomic mass is 32.2. The Morgan fingerprint density at radius 1 is 0.792 bits per heavy atom. The molecule has 0 fully saturated rings. The van der Waals surface area contributed by atoms with Gasteiger partial charge < -0.3 is 4.55 Å². The van der Waals surface area contributed by atoms with Gasteiger partial charge in [0.05, 0.1) is 5.69 Å². The highest BCUT2D eigenvalue weighted by molar-refractivity contribution is 7.86. The molecule has 0 amide bonds. The van der Waals surface area contributed by atoms with Gasteiger partial charge in [0.15, 0.2) is 22.0 Å². The average Bonchev–Trinajstić information content (AvgIpc) is 3.07. The zero-order chi connectivity index (χ0) is 34.7. The van der Waals surface area contributed by atoms with Crippen molar-refractivity contribution >= 4 is 21.5 Å². The topological polar surface area (TPSA) is 172 Å². The Morgan fingerprint density at radius 3 is 1.88 bits per heavy atom. The molecule has 0 radical (unpaired) electrons. The fraction of sp³-hybridized carbons (Fsp3) is 0.273. The SMILES string of the molecule is CCCCCCCC[n+]1ccccc1-c1nc2c(nc1-c1ccccn1)C(=NC#N)c1ccccc1C2=NC#N.O=S(=O)([O-])C(F)(F)F. The summed E-state index contributed by atoms with van der Waals surface area (Å²) >= 11 is 0. The van der Waals surface area contributed by atoms with Crippen molar-refractivity contribution in [3.8, 4) is 35.2 Å². The van der Waals surface area contributed by atoms with E-state index < -0.39 is 15.6 Å². The van der Waals surface area contributed by atoms with Crippen LogP contribution in [0.15, 0.2) is 83.0 Å². The van der Waals surface area contributed by atoms with Crippen LogP contribution in [-0.2, 0) is 16.7 Å². The monoisotopic (exact) mass is 674 g/mol. The number of aryl methyl sites for hydroxylation is 1. The minimum absolute atomic E-state index is 0.397. The van der Waals surface area contributed by atoms with Crippen LogP contribution in [0, 0.1) is 22.9 Å². The standard InChI is InChI=1S/C32H29N8.CHF3O3S/c1-2-3-4-5-6-12-19-40-20-13-10-17-26(40)30-29(25-16-9-11-18-35-25)38-31-27(36-21-33)23-14-7-8-15-24(23)28(37-22-34)32(31)39-30;2-1(3,4)8(5,6)7/h7-11,13-18,20H,2-6,12,19H2,1H3;(H,5,6,7)/q+1;/p-1. The molecule has 246 valence electrons. The van der Waals surface area contributed by atoms with E-state index in [1.54, 1.807) is 6.20 Å². The number of nitrogens with zero attached hydrogens (tertiary/aromatic N) is 8. The second kappa shape index (κ2) is 15.9. The molecular weight excluding hydrogens is 645 g/mol. The van der Waals surface area contributed by atoms with Crippen LogP contribution in [0.25, 0.3) is 22.8 Å². The normalized spacial score (nSPS) is 13.9. The molecular formula is C33H29F3N8O3S. The molecule has 0 saturated carbocycles. The summed E-state index contributed by atoms with van der Waals surface area (Å²) in [5.74, 6) is 0. The highest BCUT2D eigenvalue weighted by Gasteiger charge is 2.37. The van der Waals surface area contributed by atoms with E-state index in [1.165, 1.54) is 25.7 Å². The largest absolute Gasteiger partial charge is 0.741 e. The van der Waals surface area contributed by atoms with Crippen molar-refractivity contribution in [1.29, 1.82) is 10.5 Å². The summed E-state index contributed by atoms with van der Waals surface area (Å²) in [7, 11) is -6.09. The molecule has 1 aliphatic carbocycles. The summed E-state index contributed by atoms with van der Waals surface area (Å²) in [5, 5.41) is 19.2. The summed E-state index contributed by atoms with van der Waals surface area (Å²) in [6, 6.07) is 19.1. The Bertz CT molecular complexity index is 2020. The maximum Gasteiger partial charge on any atom is 0.485 e. The number of unbranched alkanes of at least 4 members (excludes halogenated alkanes) is 5. The summed E-state index contributed by atoms with van der Waals surface area (Å²) < 4.78 is 61.1. The van der Waals surface area contributed by atoms with Crippen molar-refractivity contribution in [3.63, 3.8) is 0 Å². The number of benzene rings is 1. The van der Waals surface area contributed by atoms with Gasteiger partial charge in [0.1, 0.15) is 35.0 Å². The maximum absolute atomic E-state index is 10.7. The van der Waals surface area contributed by atoms with E-state index in [0.717, 1.165) is 25.1 Å². The average molecular weight is 675 g/mol. The van der Waals surface area contributed by atoms with Crippen molar-refractivity contribution in [1.82, 2.24) is 15.0 Å². The molecule has 1 aliphatic rings. The number of fused-ring (bicyclic) bond motifs is 2. The Kier molecular flexibility index (Phi) is 11.8. The van der Waals surface area contributed by atoms with Gasteiger partial charge in [-0.25, -0.2) is 18.4 Å². The van der Waals surface area contributed by atoms with E-state index in [1.807, 2.05) is 73.0 Å². The fourth-order valence-electron chi connectivity index (χ4n) is 5.05. The molecule has 5 rings (SSSR count). The minimum atomic E-state index is -6.09. The van der Waals surface area contributed by atoms with Crippen LogP contribution in [0.4, 0.5) is 13.2 Å². The lowest BCUT2D eigenvalue weighted by Crippen LogP contribution is -2.36. The lowest BCUT2D eigenvalue weighted by molar-refractivity contribution is -0.686. The first-order chi connectivity index (χ1) is 23.0. The molecule has 3 heterocycles. The molecule has 15 heteroatoms. The van der Waals surface area contributed by atoms with E-state index in [4.69, 9.17) is 22.9 Å². The van der Waals surface area contributed by atoms with Crippen LogP contribution in [0.3, 0.4) is 0 Å². The molecule has 0 aliphatic heterocycles. The summed E-state index contributed by atoms with van der Waals surface area (Å²) in [6.07, 6.45) is 14.8. The Labute approximate surface area is 275 Å². The molecule has 0 bridgehead atoms. The number of hydrogen-bond donors (Lipinski definition) is 0. The van der Waals surface area contributed by atoms with Crippen LogP contribution in [0.1, 0.15) is 68.0 Å². The van der Waals surface area contributed by atoms with E-state index in [0.29, 0.717) is 51.0 Å². The van der Waals surface area contributed by atoms with Crippen molar-refractivity contribution < 1.29 is 30.7 Å². The number of aliphatic imine (C=N–C) groups is 2. The second-order valence-electron chi connectivity index (χ2n) is 10.4. The van der Waals surface area contributed by atoms with Crippen LogP contribution in [-0.4, -0.2) is 44.9 Å². The van der Waals surface area contributed by atoms with E-state index in [-0.39, 0.29) is 0 Å². The van der Waals surface area contributed by atoms with Gasteiger partial charge >= 0.3 is 5.51 Å². The number of pyridine rings is 2. The molecule has 1 aromatic carbocycles. The third kappa shape index (κ3) is 8.31. The molecule has 11 nitrogen and oxygen atoms in total. The molecule has 0 spiro atoms. The van der Waals surface area contributed by atoms with Gasteiger partial charge in [-0.1, -0.05) is 62.9 Å². The predicted octanol–water partition coefficient (Wildman–Crippen LogP) is 5.86. The number of aromatic nitrogens is 4. The van der Waals surface area contributed by atoms with Crippen molar-refractivity contribution in [2.24, 2.45) is 9.98 Å². The molecule has 3 aromatic heterocycles. The Hall–Kier alpha value is -5.38. The van der Waals surface area contributed by atoms with Gasteiger partial charge in [-0.2, -0.15) is 38.2 Å². The van der Waals surface area contributed by atoms with Crippen molar-refractivity contribution in [2.45, 2.75) is 57.5 Å². The number of nitriles is 2. The number of hydrogen-bond acceptors (Lipinski definition) is 10. The number of alkyl halides is 3. The van der Waals surface area contributed by atoms with Crippen molar-refractivity contribution in [3.05, 3.63) is 95.6 Å². The van der Waals surface area contributed by atoms with Crippen LogP contribution in [0.2, 0.25) is 0 Å². The molecule has 0 N–H and O–H groups in total. The molecule has 0 atom stereocenters. The third-order valence-electron chi connectivity index (χ3n) is 7.23. The van der Waals surface area contributed by atoms with Gasteiger partial charge in [-0.3, -0.25) is 4.98 Å². The lowest BCUT2D eigenvalue weighted by Gasteiger charge is -2.22. The summed E-state index contributed by atoms with van der Waals surface area (Å²) in [4.78, 5) is 23.1. The first-order valence-electron chi connectivity index (χ1n) is 14.9. The number of halogens is 3. The van der Waals surface area contributed by atoms with Crippen LogP contribution < -0.4 is 4.57 Å². The Balaban J connectivity index is 0.000000579. The van der Waals surface area contributed by atoms with E-state index in [9.17, 15) is 23.7 Å². The quantitative estimate of drug-likeness (QED) is 0.0615. The van der Waals surface area contributed by atoms with Gasteiger partial charge in [-0.05, 0) is 24.6 Å². The first kappa shape index (κ1) is 35.5. The smallest absolute Gasteiger partial charge is 0.485 e. The van der Waals surface area contributed by atoms with Gasteiger partial charge in [0, 0.05) is 35.9 Å². The van der Waals surface area contributed by atoms with Crippen LogP contribution >= 0.6 is 0 Å². The molecule has 4 aromatic rings. The van der Waals surface area contributed by atoms with Crippen LogP contribution in [0.5, 0.6) is 0 Å². The zero-order valence-corrected chi connectivity index (χ0v) is 26.5. The Morgan fingerprint density at radius 2 is 1.33 bits per heavy atom. The molecule has 0 saturated heterocycles. The predicted molar refractivity (Wildman–Crippen MR) is 169 cm³/mol. The zero-order valence-electron chi connectivity index (χ0n) is 25.7. The summed E-state index contributed by atoms with van der Waals surface area (Å²) in [6.45, 7) is 3.07. The summed E-state index contributed by atoms with van der Waals surface area (Å²) in [5.41, 5.74) is 0.0795. The molecule has 0 unspecified atom stereocenters. The first-order valence-corrected chi connectivity index (χ1v) is 16.3. The second-order valence-corrected chi connectivity index (χ2v) is 11.8. The third-order valence-corrected chi connectivity index (χ3v) is 7.80. The van der Waals surface area contributed by atoms with Gasteiger partial charge in [0.2, 0.25) is 18.1 Å². The highest BCUT2D eigenvalue weighted by Crippen LogP contribution is 2.33. The lowest BCUT2D eigenvalue weighted by atomic mass is 9.88. The fourth-order valence-corrected chi connectivity index (χ4v) is 5.05. The number of rotatable bonds is 9. The van der Waals surface area contributed by atoms with Gasteiger partial charge in [-0.15, -0.1) is 0 Å². The molecule has 48 heavy (non-hydrogen) atoms. The maximum atomic E-state index is 10.7. The minimum Gasteiger partial charge on any atom is -0.741 e.